The number of nitrogens with one attached hydrogen (secondary N) is 2. The Balaban J connectivity index is 1.49. The van der Waals surface area contributed by atoms with E-state index in [2.05, 4.69) is 47.9 Å². The van der Waals surface area contributed by atoms with E-state index in [1.165, 1.54) is 16.3 Å². The second-order valence-corrected chi connectivity index (χ2v) is 6.84. The fourth-order valence-electron chi connectivity index (χ4n) is 3.09. The zero-order valence-corrected chi connectivity index (χ0v) is 15.6. The second kappa shape index (κ2) is 8.84. The van der Waals surface area contributed by atoms with Crippen molar-refractivity contribution >= 4 is 28.3 Å². The second-order valence-electron chi connectivity index (χ2n) is 6.40. The fourth-order valence-corrected chi connectivity index (χ4v) is 3.30. The maximum absolute atomic E-state index is 12.1. The van der Waals surface area contributed by atoms with Gasteiger partial charge >= 0.3 is 0 Å². The Morgan fingerprint density at radius 1 is 1.04 bits per heavy atom. The average Bonchev–Trinajstić information content (AvgIpc) is 2.66. The third kappa shape index (κ3) is 4.84. The van der Waals surface area contributed by atoms with Gasteiger partial charge in [-0.2, -0.15) is 0 Å². The maximum atomic E-state index is 12.1. The van der Waals surface area contributed by atoms with Gasteiger partial charge < -0.3 is 10.6 Å². The number of hydrogen-bond donors (Lipinski definition) is 2. The van der Waals surface area contributed by atoms with Crippen LogP contribution in [0.25, 0.3) is 10.8 Å². The molecule has 0 unspecified atom stereocenters. The first kappa shape index (κ1) is 18.4. The molecule has 1 atom stereocenters. The summed E-state index contributed by atoms with van der Waals surface area (Å²) < 4.78 is 0. The van der Waals surface area contributed by atoms with Gasteiger partial charge in [-0.05, 0) is 47.4 Å². The Kier molecular flexibility index (Phi) is 6.26. The highest BCUT2D eigenvalue weighted by molar-refractivity contribution is 6.30. The van der Waals surface area contributed by atoms with Crippen molar-refractivity contribution in [3.63, 3.8) is 0 Å². The molecule has 0 radical (unpaired) electrons. The number of amides is 1. The van der Waals surface area contributed by atoms with Gasteiger partial charge in [0, 0.05) is 17.6 Å². The first-order valence-corrected chi connectivity index (χ1v) is 9.23. The number of rotatable bonds is 7. The number of benzene rings is 3. The minimum absolute atomic E-state index is 0.000820. The van der Waals surface area contributed by atoms with Crippen LogP contribution in [0.15, 0.2) is 66.7 Å². The molecule has 3 aromatic carbocycles. The van der Waals surface area contributed by atoms with Crippen molar-refractivity contribution in [3.8, 4) is 0 Å². The van der Waals surface area contributed by atoms with E-state index in [0.717, 1.165) is 17.0 Å². The molecule has 4 heteroatoms. The average molecular weight is 367 g/mol. The highest BCUT2D eigenvalue weighted by Gasteiger charge is 2.10. The van der Waals surface area contributed by atoms with E-state index < -0.39 is 0 Å². The first-order chi connectivity index (χ1) is 12.6. The standard InChI is InChI=1S/C22H23ClN2O/c1-16(20-11-5-8-18-7-2-3-10-21(18)20)25-15-22(26)24-13-12-17-6-4-9-19(23)14-17/h2-11,14,16,25H,12-13,15H2,1H3,(H,24,26)/t16-/m0/s1. The van der Waals surface area contributed by atoms with Crippen LogP contribution in [0.1, 0.15) is 24.1 Å². The SMILES string of the molecule is C[C@H](NCC(=O)NCCc1cccc(Cl)c1)c1cccc2ccccc12. The van der Waals surface area contributed by atoms with Crippen molar-refractivity contribution in [2.45, 2.75) is 19.4 Å². The van der Waals surface area contributed by atoms with Crippen LogP contribution in [0.3, 0.4) is 0 Å². The fraction of sp³-hybridized carbons (Fsp3) is 0.227. The summed E-state index contributed by atoms with van der Waals surface area (Å²) in [5.41, 5.74) is 2.32. The summed E-state index contributed by atoms with van der Waals surface area (Å²) >= 11 is 5.97. The van der Waals surface area contributed by atoms with E-state index in [0.29, 0.717) is 13.1 Å². The molecule has 0 bridgehead atoms. The van der Waals surface area contributed by atoms with E-state index in [9.17, 15) is 4.79 Å². The van der Waals surface area contributed by atoms with Gasteiger partial charge in [-0.3, -0.25) is 4.79 Å². The molecule has 3 rings (SSSR count). The molecule has 0 spiro atoms. The molecule has 0 aliphatic rings. The van der Waals surface area contributed by atoms with Gasteiger partial charge in [0.2, 0.25) is 5.91 Å². The van der Waals surface area contributed by atoms with Crippen LogP contribution in [-0.4, -0.2) is 19.0 Å². The van der Waals surface area contributed by atoms with Crippen LogP contribution in [-0.2, 0) is 11.2 Å². The lowest BCUT2D eigenvalue weighted by Crippen LogP contribution is -2.36. The summed E-state index contributed by atoms with van der Waals surface area (Å²) in [5, 5.41) is 9.42. The lowest BCUT2D eigenvalue weighted by molar-refractivity contribution is -0.120. The Labute approximate surface area is 159 Å². The van der Waals surface area contributed by atoms with E-state index in [-0.39, 0.29) is 11.9 Å². The molecule has 0 aromatic heterocycles. The molecule has 26 heavy (non-hydrogen) atoms. The molecule has 1 amide bonds. The lowest BCUT2D eigenvalue weighted by Gasteiger charge is -2.16. The summed E-state index contributed by atoms with van der Waals surface area (Å²) in [4.78, 5) is 12.1. The topological polar surface area (TPSA) is 41.1 Å². The highest BCUT2D eigenvalue weighted by atomic mass is 35.5. The molecule has 0 heterocycles. The number of carbonyl (C=O) groups excluding carboxylic acids is 1. The molecule has 2 N–H and O–H groups in total. The summed E-state index contributed by atoms with van der Waals surface area (Å²) in [5.74, 6) is -0.000820. The highest BCUT2D eigenvalue weighted by Crippen LogP contribution is 2.23. The number of hydrogen-bond acceptors (Lipinski definition) is 2. The quantitative estimate of drug-likeness (QED) is 0.646. The van der Waals surface area contributed by atoms with Gasteiger partial charge in [0.25, 0.3) is 0 Å². The van der Waals surface area contributed by atoms with Gasteiger partial charge in [-0.15, -0.1) is 0 Å². The molecule has 0 saturated carbocycles. The van der Waals surface area contributed by atoms with Crippen molar-refractivity contribution in [2.24, 2.45) is 0 Å². The molecular formula is C22H23ClN2O. The predicted octanol–water partition coefficient (Wildman–Crippen LogP) is 4.50. The van der Waals surface area contributed by atoms with Crippen molar-refractivity contribution in [3.05, 3.63) is 82.9 Å². The Morgan fingerprint density at radius 2 is 1.81 bits per heavy atom. The molecule has 3 nitrogen and oxygen atoms in total. The van der Waals surface area contributed by atoms with E-state index in [1.54, 1.807) is 0 Å². The van der Waals surface area contributed by atoms with Gasteiger partial charge in [-0.1, -0.05) is 66.2 Å². The third-order valence-corrected chi connectivity index (χ3v) is 4.72. The van der Waals surface area contributed by atoms with Gasteiger partial charge in [-0.25, -0.2) is 0 Å². The molecule has 134 valence electrons. The Morgan fingerprint density at radius 3 is 2.65 bits per heavy atom. The molecular weight excluding hydrogens is 344 g/mol. The maximum Gasteiger partial charge on any atom is 0.233 e. The Bertz CT molecular complexity index is 889. The minimum Gasteiger partial charge on any atom is -0.355 e. The zero-order chi connectivity index (χ0) is 18.4. The Hall–Kier alpha value is -2.36. The summed E-state index contributed by atoms with van der Waals surface area (Å²) in [7, 11) is 0. The van der Waals surface area contributed by atoms with Gasteiger partial charge in [0.05, 0.1) is 6.54 Å². The van der Waals surface area contributed by atoms with Crippen LogP contribution < -0.4 is 10.6 Å². The summed E-state index contributed by atoms with van der Waals surface area (Å²) in [6.45, 7) is 2.98. The van der Waals surface area contributed by atoms with Crippen molar-refractivity contribution in [2.75, 3.05) is 13.1 Å². The van der Waals surface area contributed by atoms with E-state index >= 15 is 0 Å². The largest absolute Gasteiger partial charge is 0.355 e. The molecule has 0 saturated heterocycles. The zero-order valence-electron chi connectivity index (χ0n) is 14.8. The predicted molar refractivity (Wildman–Crippen MR) is 109 cm³/mol. The number of halogens is 1. The number of fused-ring (bicyclic) bond motifs is 1. The normalized spacial score (nSPS) is 12.1. The first-order valence-electron chi connectivity index (χ1n) is 8.85. The van der Waals surface area contributed by atoms with Crippen LogP contribution in [0.4, 0.5) is 0 Å². The van der Waals surface area contributed by atoms with Gasteiger partial charge in [0.1, 0.15) is 0 Å². The van der Waals surface area contributed by atoms with Crippen LogP contribution in [0.2, 0.25) is 5.02 Å². The van der Waals surface area contributed by atoms with Crippen LogP contribution in [0.5, 0.6) is 0 Å². The molecule has 0 fully saturated rings. The monoisotopic (exact) mass is 366 g/mol. The molecule has 3 aromatic rings. The summed E-state index contributed by atoms with van der Waals surface area (Å²) in [6.07, 6.45) is 0.769. The molecule has 0 aliphatic carbocycles. The molecule has 0 aliphatic heterocycles. The van der Waals surface area contributed by atoms with Crippen LogP contribution in [0, 0.1) is 0 Å². The lowest BCUT2D eigenvalue weighted by atomic mass is 10.00. The third-order valence-electron chi connectivity index (χ3n) is 4.48. The van der Waals surface area contributed by atoms with Crippen molar-refractivity contribution < 1.29 is 4.79 Å². The van der Waals surface area contributed by atoms with Gasteiger partial charge in [0.15, 0.2) is 0 Å². The van der Waals surface area contributed by atoms with Crippen molar-refractivity contribution in [1.29, 1.82) is 0 Å². The van der Waals surface area contributed by atoms with Crippen LogP contribution >= 0.6 is 11.6 Å². The van der Waals surface area contributed by atoms with E-state index in [1.807, 2.05) is 36.4 Å². The van der Waals surface area contributed by atoms with E-state index in [4.69, 9.17) is 11.6 Å². The summed E-state index contributed by atoms with van der Waals surface area (Å²) in [6, 6.07) is 22.4. The van der Waals surface area contributed by atoms with Crippen molar-refractivity contribution in [1.82, 2.24) is 10.6 Å². The number of carbonyl (C=O) groups is 1. The smallest absolute Gasteiger partial charge is 0.233 e. The minimum atomic E-state index is -0.000820.